The number of hydrogen-bond acceptors (Lipinski definition) is 4. The number of nitrogens with one attached hydrogen (secondary N) is 2. The quantitative estimate of drug-likeness (QED) is 0.818. The Morgan fingerprint density at radius 2 is 1.15 bits per heavy atom. The van der Waals surface area contributed by atoms with Crippen LogP contribution in [0, 0.1) is 0 Å². The average molecular weight is 393 g/mol. The summed E-state index contributed by atoms with van der Waals surface area (Å²) >= 11 is 11.7. The molecule has 4 nitrogen and oxygen atoms in total. The summed E-state index contributed by atoms with van der Waals surface area (Å²) in [5.41, 5.74) is 2.50. The average Bonchev–Trinajstić information content (AvgIpc) is 2.70. The number of benzene rings is 2. The highest BCUT2D eigenvalue weighted by Crippen LogP contribution is 2.19. The van der Waals surface area contributed by atoms with Gasteiger partial charge in [0.2, 0.25) is 0 Å². The minimum absolute atomic E-state index is 0.805. The van der Waals surface area contributed by atoms with Crippen molar-refractivity contribution in [1.29, 1.82) is 0 Å². The molecule has 2 aromatic carbocycles. The van der Waals surface area contributed by atoms with Gasteiger partial charge in [-0.15, -0.1) is 0 Å². The monoisotopic (exact) mass is 392 g/mol. The van der Waals surface area contributed by atoms with Gasteiger partial charge < -0.3 is 20.4 Å². The molecular formula is C20H26Cl2N4. The van der Waals surface area contributed by atoms with E-state index in [2.05, 4.69) is 38.6 Å². The van der Waals surface area contributed by atoms with E-state index in [-0.39, 0.29) is 0 Å². The van der Waals surface area contributed by atoms with Crippen molar-refractivity contribution >= 4 is 34.6 Å². The van der Waals surface area contributed by atoms with Crippen molar-refractivity contribution < 1.29 is 0 Å². The van der Waals surface area contributed by atoms with Gasteiger partial charge in [-0.05, 0) is 42.5 Å². The lowest BCUT2D eigenvalue weighted by Crippen LogP contribution is -2.43. The normalized spacial score (nSPS) is 17.5. The topological polar surface area (TPSA) is 30.5 Å². The van der Waals surface area contributed by atoms with Crippen LogP contribution in [0.1, 0.15) is 0 Å². The van der Waals surface area contributed by atoms with Crippen LogP contribution in [0.5, 0.6) is 0 Å². The van der Waals surface area contributed by atoms with Crippen molar-refractivity contribution in [3.8, 4) is 0 Å². The molecule has 0 bridgehead atoms. The van der Waals surface area contributed by atoms with Crippen LogP contribution in [0.25, 0.3) is 0 Å². The van der Waals surface area contributed by atoms with Crippen molar-refractivity contribution in [3.63, 3.8) is 0 Å². The number of rotatable bonds is 2. The van der Waals surface area contributed by atoms with Crippen molar-refractivity contribution in [2.24, 2.45) is 0 Å². The molecule has 0 saturated carbocycles. The van der Waals surface area contributed by atoms with Crippen LogP contribution < -0.4 is 20.4 Å². The summed E-state index contributed by atoms with van der Waals surface area (Å²) in [7, 11) is 0. The summed E-state index contributed by atoms with van der Waals surface area (Å²) in [5.74, 6) is 0. The minimum atomic E-state index is 0.805. The maximum atomic E-state index is 5.92. The first-order valence-corrected chi connectivity index (χ1v) is 9.90. The van der Waals surface area contributed by atoms with Crippen molar-refractivity contribution in [2.75, 3.05) is 62.2 Å². The summed E-state index contributed by atoms with van der Waals surface area (Å²) < 4.78 is 0. The second-order valence-electron chi connectivity index (χ2n) is 6.43. The zero-order valence-electron chi connectivity index (χ0n) is 14.9. The Labute approximate surface area is 166 Å². The van der Waals surface area contributed by atoms with E-state index in [0.29, 0.717) is 0 Å². The lowest BCUT2D eigenvalue weighted by Gasteiger charge is -2.29. The molecule has 2 fully saturated rings. The molecule has 2 aliphatic heterocycles. The minimum Gasteiger partial charge on any atom is -0.369 e. The fourth-order valence-electron chi connectivity index (χ4n) is 3.17. The third-order valence-electron chi connectivity index (χ3n) is 4.60. The van der Waals surface area contributed by atoms with Crippen LogP contribution in [0.2, 0.25) is 10.0 Å². The van der Waals surface area contributed by atoms with E-state index in [1.165, 1.54) is 11.4 Å². The van der Waals surface area contributed by atoms with Crippen LogP contribution in [0.3, 0.4) is 0 Å². The van der Waals surface area contributed by atoms with Crippen LogP contribution in [0.4, 0.5) is 11.4 Å². The van der Waals surface area contributed by atoms with E-state index in [1.54, 1.807) is 0 Å². The SMILES string of the molecule is Clc1ccc(N2CCNCC2)cc1.Clc1cccc(N2CCNCC2)c1. The van der Waals surface area contributed by atoms with Crippen LogP contribution in [-0.2, 0) is 0 Å². The molecule has 2 N–H and O–H groups in total. The molecule has 6 heteroatoms. The first kappa shape index (κ1) is 19.3. The van der Waals surface area contributed by atoms with Crippen LogP contribution in [-0.4, -0.2) is 52.4 Å². The Balaban J connectivity index is 0.000000151. The van der Waals surface area contributed by atoms with E-state index in [9.17, 15) is 0 Å². The summed E-state index contributed by atoms with van der Waals surface area (Å²) in [5, 5.41) is 8.27. The highest BCUT2D eigenvalue weighted by molar-refractivity contribution is 6.31. The Hall–Kier alpha value is -1.46. The number of hydrogen-bond donors (Lipinski definition) is 2. The molecule has 2 aromatic rings. The molecule has 26 heavy (non-hydrogen) atoms. The highest BCUT2D eigenvalue weighted by atomic mass is 35.5. The van der Waals surface area contributed by atoms with Gasteiger partial charge >= 0.3 is 0 Å². The molecule has 0 radical (unpaired) electrons. The lowest BCUT2D eigenvalue weighted by atomic mass is 10.2. The molecule has 2 aliphatic rings. The van der Waals surface area contributed by atoms with E-state index in [0.717, 1.165) is 62.4 Å². The van der Waals surface area contributed by atoms with Gasteiger partial charge in [-0.3, -0.25) is 0 Å². The molecule has 0 unspecified atom stereocenters. The standard InChI is InChI=1S/2C10H13ClN2/c11-9-1-3-10(4-2-9)13-7-5-12-6-8-13;11-9-2-1-3-10(8-9)13-6-4-12-5-7-13/h1-4,12H,5-8H2;1-3,8,12H,4-7H2. The van der Waals surface area contributed by atoms with E-state index < -0.39 is 0 Å². The first-order chi connectivity index (χ1) is 12.7. The maximum absolute atomic E-state index is 5.92. The van der Waals surface area contributed by atoms with Gasteiger partial charge in [0.15, 0.2) is 0 Å². The zero-order chi connectivity index (χ0) is 18.2. The van der Waals surface area contributed by atoms with E-state index in [4.69, 9.17) is 23.2 Å². The van der Waals surface area contributed by atoms with Crippen LogP contribution >= 0.6 is 23.2 Å². The molecule has 4 rings (SSSR count). The predicted molar refractivity (Wildman–Crippen MR) is 113 cm³/mol. The van der Waals surface area contributed by atoms with Crippen molar-refractivity contribution in [3.05, 3.63) is 58.6 Å². The molecule has 140 valence electrons. The second kappa shape index (κ2) is 10.0. The number of halogens is 2. The number of anilines is 2. The van der Waals surface area contributed by atoms with Gasteiger partial charge in [0.1, 0.15) is 0 Å². The fraction of sp³-hybridized carbons (Fsp3) is 0.400. The Bertz CT molecular complexity index is 666. The molecule has 0 aromatic heterocycles. The van der Waals surface area contributed by atoms with Gasteiger partial charge in [0, 0.05) is 73.8 Å². The summed E-state index contributed by atoms with van der Waals surface area (Å²) in [6.45, 7) is 8.58. The van der Waals surface area contributed by atoms with Crippen molar-refractivity contribution in [2.45, 2.75) is 0 Å². The molecule has 0 amide bonds. The zero-order valence-corrected chi connectivity index (χ0v) is 16.4. The predicted octanol–water partition coefficient (Wildman–Crippen LogP) is 3.50. The lowest BCUT2D eigenvalue weighted by molar-refractivity contribution is 0.589. The summed E-state index contributed by atoms with van der Waals surface area (Å²) in [6.07, 6.45) is 0. The molecule has 2 saturated heterocycles. The third-order valence-corrected chi connectivity index (χ3v) is 5.09. The molecule has 0 atom stereocenters. The van der Waals surface area contributed by atoms with Crippen LogP contribution in [0.15, 0.2) is 48.5 Å². The Morgan fingerprint density at radius 1 is 0.615 bits per heavy atom. The maximum Gasteiger partial charge on any atom is 0.0426 e. The fourth-order valence-corrected chi connectivity index (χ4v) is 3.48. The van der Waals surface area contributed by atoms with E-state index in [1.807, 2.05) is 30.3 Å². The molecule has 0 spiro atoms. The van der Waals surface area contributed by atoms with Gasteiger partial charge in [-0.1, -0.05) is 29.3 Å². The Morgan fingerprint density at radius 3 is 1.69 bits per heavy atom. The van der Waals surface area contributed by atoms with E-state index >= 15 is 0 Å². The van der Waals surface area contributed by atoms with Gasteiger partial charge in [0.25, 0.3) is 0 Å². The number of nitrogens with zero attached hydrogens (tertiary/aromatic N) is 2. The van der Waals surface area contributed by atoms with Crippen molar-refractivity contribution in [1.82, 2.24) is 10.6 Å². The Kier molecular flexibility index (Phi) is 7.44. The molecule has 0 aliphatic carbocycles. The third kappa shape index (κ3) is 5.78. The number of piperazine rings is 2. The largest absolute Gasteiger partial charge is 0.369 e. The molecule has 2 heterocycles. The second-order valence-corrected chi connectivity index (χ2v) is 7.30. The van der Waals surface area contributed by atoms with Gasteiger partial charge in [-0.2, -0.15) is 0 Å². The smallest absolute Gasteiger partial charge is 0.0426 e. The summed E-state index contributed by atoms with van der Waals surface area (Å²) in [4.78, 5) is 4.72. The summed E-state index contributed by atoms with van der Waals surface area (Å²) in [6, 6.07) is 16.1. The van der Waals surface area contributed by atoms with Gasteiger partial charge in [-0.25, -0.2) is 0 Å². The highest BCUT2D eigenvalue weighted by Gasteiger charge is 2.10. The first-order valence-electron chi connectivity index (χ1n) is 9.15. The molecular weight excluding hydrogens is 367 g/mol. The van der Waals surface area contributed by atoms with Gasteiger partial charge in [0.05, 0.1) is 0 Å².